The molecular weight excluding hydrogens is 186 g/mol. The van der Waals surface area contributed by atoms with E-state index in [1.54, 1.807) is 4.90 Å². The molecule has 6 nitrogen and oxygen atoms in total. The zero-order valence-corrected chi connectivity index (χ0v) is 7.90. The molecule has 1 aliphatic rings. The second-order valence-corrected chi connectivity index (χ2v) is 3.39. The Bertz CT molecular complexity index is 232. The lowest BCUT2D eigenvalue weighted by molar-refractivity contribution is -0.135. The van der Waals surface area contributed by atoms with Gasteiger partial charge in [0, 0.05) is 13.1 Å². The van der Waals surface area contributed by atoms with E-state index in [4.69, 9.17) is 10.8 Å². The van der Waals surface area contributed by atoms with Gasteiger partial charge in [0.05, 0.1) is 0 Å². The molecule has 0 aromatic heterocycles. The fourth-order valence-electron chi connectivity index (χ4n) is 1.47. The van der Waals surface area contributed by atoms with Crippen molar-refractivity contribution in [3.63, 3.8) is 0 Å². The van der Waals surface area contributed by atoms with Crippen LogP contribution in [0.2, 0.25) is 0 Å². The number of amides is 2. The Labute approximate surface area is 82.1 Å². The summed E-state index contributed by atoms with van der Waals surface area (Å²) in [5.74, 6) is -0.682. The van der Waals surface area contributed by atoms with Gasteiger partial charge in [-0.2, -0.15) is 0 Å². The van der Waals surface area contributed by atoms with Crippen molar-refractivity contribution >= 4 is 12.0 Å². The van der Waals surface area contributed by atoms with E-state index in [0.29, 0.717) is 25.6 Å². The molecular formula is C8H15N3O3. The summed E-state index contributed by atoms with van der Waals surface area (Å²) >= 11 is 0. The maximum atomic E-state index is 11.3. The number of hydrogen-bond acceptors (Lipinski definition) is 3. The topological polar surface area (TPSA) is 95.7 Å². The third-order valence-corrected chi connectivity index (χ3v) is 2.30. The highest BCUT2D eigenvalue weighted by Crippen LogP contribution is 2.14. The molecule has 80 valence electrons. The van der Waals surface area contributed by atoms with Crippen LogP contribution in [0, 0.1) is 5.92 Å². The standard InChI is InChI=1S/C8H15N3O3/c9-3-6-1-2-11(5-6)8(14)10-4-7(12)13/h6H,1-5,9H2,(H,10,14)(H,12,13). The number of carboxylic acids is 1. The van der Waals surface area contributed by atoms with Crippen molar-refractivity contribution in [3.05, 3.63) is 0 Å². The van der Waals surface area contributed by atoms with Gasteiger partial charge in [-0.3, -0.25) is 4.79 Å². The first kappa shape index (κ1) is 10.8. The summed E-state index contributed by atoms with van der Waals surface area (Å²) in [5, 5.41) is 10.7. The van der Waals surface area contributed by atoms with E-state index in [1.165, 1.54) is 0 Å². The van der Waals surface area contributed by atoms with E-state index in [2.05, 4.69) is 5.32 Å². The van der Waals surface area contributed by atoms with Crippen LogP contribution in [0.1, 0.15) is 6.42 Å². The number of urea groups is 1. The highest BCUT2D eigenvalue weighted by Gasteiger charge is 2.24. The van der Waals surface area contributed by atoms with Crippen LogP contribution in [0.4, 0.5) is 4.79 Å². The van der Waals surface area contributed by atoms with Gasteiger partial charge in [0.15, 0.2) is 0 Å². The van der Waals surface area contributed by atoms with Crippen LogP contribution < -0.4 is 11.1 Å². The second kappa shape index (κ2) is 4.80. The van der Waals surface area contributed by atoms with Gasteiger partial charge in [0.1, 0.15) is 6.54 Å². The first-order valence-corrected chi connectivity index (χ1v) is 4.58. The number of likely N-dealkylation sites (tertiary alicyclic amines) is 1. The molecule has 14 heavy (non-hydrogen) atoms. The third kappa shape index (κ3) is 2.88. The quantitative estimate of drug-likeness (QED) is 0.549. The molecule has 1 heterocycles. The van der Waals surface area contributed by atoms with Crippen LogP contribution in [0.25, 0.3) is 0 Å². The lowest BCUT2D eigenvalue weighted by Crippen LogP contribution is -2.41. The number of carboxylic acid groups (broad SMARTS) is 1. The molecule has 0 spiro atoms. The third-order valence-electron chi connectivity index (χ3n) is 2.30. The average molecular weight is 201 g/mol. The van der Waals surface area contributed by atoms with Crippen LogP contribution in [-0.2, 0) is 4.79 Å². The van der Waals surface area contributed by atoms with Gasteiger partial charge in [-0.15, -0.1) is 0 Å². The van der Waals surface area contributed by atoms with Crippen molar-refractivity contribution in [1.82, 2.24) is 10.2 Å². The summed E-state index contributed by atoms with van der Waals surface area (Å²) in [6.45, 7) is 1.53. The molecule has 1 unspecified atom stereocenters. The maximum Gasteiger partial charge on any atom is 0.323 e. The summed E-state index contributed by atoms with van der Waals surface area (Å²) in [7, 11) is 0. The van der Waals surface area contributed by atoms with Gasteiger partial charge in [0.2, 0.25) is 0 Å². The van der Waals surface area contributed by atoms with Crippen LogP contribution in [0.15, 0.2) is 0 Å². The molecule has 0 aromatic rings. The number of aliphatic carboxylic acids is 1. The van der Waals surface area contributed by atoms with Gasteiger partial charge < -0.3 is 21.1 Å². The van der Waals surface area contributed by atoms with E-state index in [-0.39, 0.29) is 12.6 Å². The molecule has 0 saturated carbocycles. The Morgan fingerprint density at radius 1 is 1.57 bits per heavy atom. The maximum absolute atomic E-state index is 11.3. The minimum atomic E-state index is -1.03. The predicted molar refractivity (Wildman–Crippen MR) is 49.8 cm³/mol. The van der Waals surface area contributed by atoms with Crippen molar-refractivity contribution < 1.29 is 14.7 Å². The van der Waals surface area contributed by atoms with Gasteiger partial charge in [0.25, 0.3) is 0 Å². The summed E-state index contributed by atoms with van der Waals surface area (Å²) in [5.41, 5.74) is 5.47. The summed E-state index contributed by atoms with van der Waals surface area (Å²) in [4.78, 5) is 23.1. The first-order valence-electron chi connectivity index (χ1n) is 4.58. The summed E-state index contributed by atoms with van der Waals surface area (Å²) in [6.07, 6.45) is 0.900. The smallest absolute Gasteiger partial charge is 0.323 e. The highest BCUT2D eigenvalue weighted by atomic mass is 16.4. The van der Waals surface area contributed by atoms with Crippen LogP contribution >= 0.6 is 0 Å². The largest absolute Gasteiger partial charge is 0.480 e. The normalized spacial score (nSPS) is 20.9. The van der Waals surface area contributed by atoms with Gasteiger partial charge in [-0.25, -0.2) is 4.79 Å². The van der Waals surface area contributed by atoms with Crippen LogP contribution in [-0.4, -0.2) is 48.2 Å². The number of carbonyl (C=O) groups is 2. The van der Waals surface area contributed by atoms with Crippen molar-refractivity contribution in [3.8, 4) is 0 Å². The number of nitrogens with two attached hydrogens (primary N) is 1. The predicted octanol–water partition coefficient (Wildman–Crippen LogP) is -0.939. The van der Waals surface area contributed by atoms with E-state index < -0.39 is 5.97 Å². The fourth-order valence-corrected chi connectivity index (χ4v) is 1.47. The van der Waals surface area contributed by atoms with E-state index in [0.717, 1.165) is 6.42 Å². The minimum Gasteiger partial charge on any atom is -0.480 e. The lowest BCUT2D eigenvalue weighted by Gasteiger charge is -2.16. The van der Waals surface area contributed by atoms with Gasteiger partial charge in [-0.1, -0.05) is 0 Å². The molecule has 0 bridgehead atoms. The Morgan fingerprint density at radius 2 is 2.29 bits per heavy atom. The fraction of sp³-hybridized carbons (Fsp3) is 0.750. The first-order chi connectivity index (χ1) is 6.63. The van der Waals surface area contributed by atoms with Crippen molar-refractivity contribution in [2.24, 2.45) is 11.7 Å². The molecule has 2 amide bonds. The Balaban J connectivity index is 2.28. The Hall–Kier alpha value is -1.30. The molecule has 0 radical (unpaired) electrons. The second-order valence-electron chi connectivity index (χ2n) is 3.39. The molecule has 1 fully saturated rings. The minimum absolute atomic E-state index is 0.316. The van der Waals surface area contributed by atoms with E-state index >= 15 is 0 Å². The van der Waals surface area contributed by atoms with Crippen molar-refractivity contribution in [2.75, 3.05) is 26.2 Å². The zero-order valence-electron chi connectivity index (χ0n) is 7.90. The van der Waals surface area contributed by atoms with Gasteiger partial charge >= 0.3 is 12.0 Å². The molecule has 1 atom stereocenters. The molecule has 4 N–H and O–H groups in total. The lowest BCUT2D eigenvalue weighted by atomic mass is 10.1. The number of nitrogens with zero attached hydrogens (tertiary/aromatic N) is 1. The molecule has 1 aliphatic heterocycles. The zero-order chi connectivity index (χ0) is 10.6. The number of carbonyl (C=O) groups excluding carboxylic acids is 1. The van der Waals surface area contributed by atoms with Crippen molar-refractivity contribution in [2.45, 2.75) is 6.42 Å². The SMILES string of the molecule is NCC1CCN(C(=O)NCC(=O)O)C1. The van der Waals surface area contributed by atoms with Gasteiger partial charge in [-0.05, 0) is 18.9 Å². The Kier molecular flexibility index (Phi) is 3.70. The van der Waals surface area contributed by atoms with Crippen LogP contribution in [0.3, 0.4) is 0 Å². The summed E-state index contributed by atoms with van der Waals surface area (Å²) < 4.78 is 0. The average Bonchev–Trinajstić information content (AvgIpc) is 2.62. The van der Waals surface area contributed by atoms with E-state index in [9.17, 15) is 9.59 Å². The van der Waals surface area contributed by atoms with Crippen molar-refractivity contribution in [1.29, 1.82) is 0 Å². The number of hydrogen-bond donors (Lipinski definition) is 3. The highest BCUT2D eigenvalue weighted by molar-refractivity contribution is 5.80. The molecule has 1 rings (SSSR count). The molecule has 1 saturated heterocycles. The molecule has 0 aromatic carbocycles. The summed E-state index contributed by atoms with van der Waals surface area (Å²) in [6, 6.07) is -0.316. The van der Waals surface area contributed by atoms with E-state index in [1.807, 2.05) is 0 Å². The molecule has 0 aliphatic carbocycles. The number of nitrogens with one attached hydrogen (secondary N) is 1. The van der Waals surface area contributed by atoms with Crippen LogP contribution in [0.5, 0.6) is 0 Å². The monoisotopic (exact) mass is 201 g/mol. The Morgan fingerprint density at radius 3 is 2.79 bits per heavy atom. The number of rotatable bonds is 3. The molecule has 6 heteroatoms.